The summed E-state index contributed by atoms with van der Waals surface area (Å²) in [6, 6.07) is 8.02. The van der Waals surface area contributed by atoms with Gasteiger partial charge < -0.3 is 10.1 Å². The minimum absolute atomic E-state index is 0.741. The quantitative estimate of drug-likeness (QED) is 0.888. The Morgan fingerprint density at radius 3 is 3.17 bits per heavy atom. The number of ether oxygens (including phenoxy) is 1. The summed E-state index contributed by atoms with van der Waals surface area (Å²) in [6.45, 7) is 1.73. The lowest BCUT2D eigenvalue weighted by Gasteiger charge is -2.05. The molecular weight excluding hydrogens is 226 g/mol. The predicted octanol–water partition coefficient (Wildman–Crippen LogP) is 1.68. The van der Waals surface area contributed by atoms with Crippen molar-refractivity contribution in [3.05, 3.63) is 53.1 Å². The van der Waals surface area contributed by atoms with Gasteiger partial charge in [-0.25, -0.2) is 9.97 Å². The summed E-state index contributed by atoms with van der Waals surface area (Å²) in [5.74, 6) is 1.74. The van der Waals surface area contributed by atoms with E-state index in [-0.39, 0.29) is 0 Å². The lowest BCUT2D eigenvalue weighted by Crippen LogP contribution is -2.02. The van der Waals surface area contributed by atoms with Crippen molar-refractivity contribution in [3.63, 3.8) is 0 Å². The molecule has 18 heavy (non-hydrogen) atoms. The molecule has 3 rings (SSSR count). The van der Waals surface area contributed by atoms with Crippen LogP contribution in [0.25, 0.3) is 0 Å². The van der Waals surface area contributed by atoms with E-state index in [1.165, 1.54) is 11.1 Å². The highest BCUT2D eigenvalue weighted by Gasteiger charge is 2.12. The van der Waals surface area contributed by atoms with Crippen LogP contribution in [0.15, 0.2) is 30.5 Å². The lowest BCUT2D eigenvalue weighted by atomic mass is 10.1. The molecule has 0 bridgehead atoms. The fourth-order valence-electron chi connectivity index (χ4n) is 2.15. The fraction of sp³-hybridized carbons (Fsp3) is 0.286. The monoisotopic (exact) mass is 241 g/mol. The van der Waals surface area contributed by atoms with Crippen LogP contribution in [0.5, 0.6) is 5.75 Å². The molecule has 0 saturated carbocycles. The van der Waals surface area contributed by atoms with Gasteiger partial charge in [0.15, 0.2) is 0 Å². The van der Waals surface area contributed by atoms with Crippen LogP contribution in [0.4, 0.5) is 0 Å². The summed E-state index contributed by atoms with van der Waals surface area (Å²) in [5.41, 5.74) is 3.51. The van der Waals surface area contributed by atoms with Crippen molar-refractivity contribution in [2.24, 2.45) is 0 Å². The van der Waals surface area contributed by atoms with Gasteiger partial charge in [-0.1, -0.05) is 12.1 Å². The average molecular weight is 241 g/mol. The Morgan fingerprint density at radius 2 is 2.28 bits per heavy atom. The summed E-state index contributed by atoms with van der Waals surface area (Å²) in [7, 11) is 1.68. The summed E-state index contributed by atoms with van der Waals surface area (Å²) in [4.78, 5) is 9.00. The smallest absolute Gasteiger partial charge is 0.132 e. The SMILES string of the molecule is COc1cccc(Cc2ncc3c(n2)CNC3)c1. The van der Waals surface area contributed by atoms with Crippen LogP contribution in [0.3, 0.4) is 0 Å². The molecule has 92 valence electrons. The molecule has 1 aromatic heterocycles. The molecule has 0 saturated heterocycles. The van der Waals surface area contributed by atoms with Gasteiger partial charge in [-0.2, -0.15) is 0 Å². The summed E-state index contributed by atoms with van der Waals surface area (Å²) in [6.07, 6.45) is 2.67. The van der Waals surface area contributed by atoms with E-state index in [0.29, 0.717) is 0 Å². The van der Waals surface area contributed by atoms with Gasteiger partial charge in [-0.15, -0.1) is 0 Å². The van der Waals surface area contributed by atoms with Crippen LogP contribution >= 0.6 is 0 Å². The molecule has 1 aromatic carbocycles. The average Bonchev–Trinajstić information content (AvgIpc) is 2.86. The van der Waals surface area contributed by atoms with Crippen LogP contribution in [0, 0.1) is 0 Å². The number of nitrogens with one attached hydrogen (secondary N) is 1. The highest BCUT2D eigenvalue weighted by Crippen LogP contribution is 2.16. The summed E-state index contributed by atoms with van der Waals surface area (Å²) in [5, 5.41) is 3.27. The van der Waals surface area contributed by atoms with Crippen molar-refractivity contribution >= 4 is 0 Å². The number of methoxy groups -OCH3 is 1. The van der Waals surface area contributed by atoms with Gasteiger partial charge >= 0.3 is 0 Å². The van der Waals surface area contributed by atoms with E-state index < -0.39 is 0 Å². The largest absolute Gasteiger partial charge is 0.497 e. The van der Waals surface area contributed by atoms with E-state index >= 15 is 0 Å². The van der Waals surface area contributed by atoms with E-state index in [2.05, 4.69) is 21.4 Å². The Bertz CT molecular complexity index is 569. The van der Waals surface area contributed by atoms with Crippen molar-refractivity contribution in [1.82, 2.24) is 15.3 Å². The van der Waals surface area contributed by atoms with Gasteiger partial charge in [-0.05, 0) is 17.7 Å². The Labute approximate surface area is 106 Å². The third kappa shape index (κ3) is 2.19. The molecule has 1 N–H and O–H groups in total. The molecule has 4 heteroatoms. The molecule has 4 nitrogen and oxygen atoms in total. The van der Waals surface area contributed by atoms with Crippen LogP contribution in [-0.4, -0.2) is 17.1 Å². The molecular formula is C14H15N3O. The fourth-order valence-corrected chi connectivity index (χ4v) is 2.15. The normalized spacial score (nSPS) is 13.4. The van der Waals surface area contributed by atoms with Crippen LogP contribution < -0.4 is 10.1 Å². The van der Waals surface area contributed by atoms with Crippen LogP contribution in [0.1, 0.15) is 22.6 Å². The second-order valence-electron chi connectivity index (χ2n) is 4.39. The van der Waals surface area contributed by atoms with Crippen molar-refractivity contribution in [2.45, 2.75) is 19.5 Å². The maximum atomic E-state index is 5.22. The van der Waals surface area contributed by atoms with Crippen LogP contribution in [0.2, 0.25) is 0 Å². The zero-order valence-electron chi connectivity index (χ0n) is 10.3. The number of hydrogen-bond donors (Lipinski definition) is 1. The Morgan fingerprint density at radius 1 is 1.33 bits per heavy atom. The van der Waals surface area contributed by atoms with Gasteiger partial charge in [0.2, 0.25) is 0 Å². The van der Waals surface area contributed by atoms with Crippen molar-refractivity contribution in [3.8, 4) is 5.75 Å². The first-order valence-electron chi connectivity index (χ1n) is 6.02. The number of rotatable bonds is 3. The molecule has 0 unspecified atom stereocenters. The lowest BCUT2D eigenvalue weighted by molar-refractivity contribution is 0.414. The number of nitrogens with zero attached hydrogens (tertiary/aromatic N) is 2. The molecule has 2 heterocycles. The first-order valence-corrected chi connectivity index (χ1v) is 6.02. The topological polar surface area (TPSA) is 47.0 Å². The third-order valence-corrected chi connectivity index (χ3v) is 3.11. The molecule has 0 fully saturated rings. The number of fused-ring (bicyclic) bond motifs is 1. The van der Waals surface area contributed by atoms with Gasteiger partial charge in [0, 0.05) is 31.3 Å². The molecule has 0 amide bonds. The predicted molar refractivity (Wildman–Crippen MR) is 68.4 cm³/mol. The van der Waals surface area contributed by atoms with Crippen LogP contribution in [-0.2, 0) is 19.5 Å². The maximum Gasteiger partial charge on any atom is 0.132 e. The summed E-state index contributed by atoms with van der Waals surface area (Å²) < 4.78 is 5.22. The molecule has 0 radical (unpaired) electrons. The van der Waals surface area contributed by atoms with E-state index in [4.69, 9.17) is 4.74 Å². The number of aromatic nitrogens is 2. The van der Waals surface area contributed by atoms with Gasteiger partial charge in [0.1, 0.15) is 11.6 Å². The summed E-state index contributed by atoms with van der Waals surface area (Å²) >= 11 is 0. The molecule has 1 aliphatic rings. The van der Waals surface area contributed by atoms with Gasteiger partial charge in [0.05, 0.1) is 12.8 Å². The number of benzene rings is 1. The van der Waals surface area contributed by atoms with Crippen molar-refractivity contribution < 1.29 is 4.74 Å². The Hall–Kier alpha value is -1.94. The van der Waals surface area contributed by atoms with Crippen molar-refractivity contribution in [1.29, 1.82) is 0 Å². The van der Waals surface area contributed by atoms with E-state index in [9.17, 15) is 0 Å². The van der Waals surface area contributed by atoms with E-state index in [1.54, 1.807) is 7.11 Å². The van der Waals surface area contributed by atoms with E-state index in [1.807, 2.05) is 24.4 Å². The first-order chi connectivity index (χ1) is 8.85. The first kappa shape index (κ1) is 11.2. The Kier molecular flexibility index (Phi) is 2.94. The molecule has 1 aliphatic heterocycles. The Balaban J connectivity index is 1.83. The second-order valence-corrected chi connectivity index (χ2v) is 4.39. The second kappa shape index (κ2) is 4.74. The van der Waals surface area contributed by atoms with Crippen molar-refractivity contribution in [2.75, 3.05) is 7.11 Å². The zero-order chi connectivity index (χ0) is 12.4. The zero-order valence-corrected chi connectivity index (χ0v) is 10.3. The standard InChI is InChI=1S/C14H15N3O/c1-18-12-4-2-3-10(5-12)6-14-16-8-11-7-15-9-13(11)17-14/h2-5,8,15H,6-7,9H2,1H3. The highest BCUT2D eigenvalue weighted by molar-refractivity contribution is 5.31. The highest BCUT2D eigenvalue weighted by atomic mass is 16.5. The molecule has 0 atom stereocenters. The molecule has 0 aliphatic carbocycles. The minimum atomic E-state index is 0.741. The third-order valence-electron chi connectivity index (χ3n) is 3.11. The maximum absolute atomic E-state index is 5.22. The molecule has 0 spiro atoms. The number of hydrogen-bond acceptors (Lipinski definition) is 4. The van der Waals surface area contributed by atoms with E-state index in [0.717, 1.165) is 36.8 Å². The molecule has 2 aromatic rings. The van der Waals surface area contributed by atoms with Gasteiger partial charge in [0.25, 0.3) is 0 Å². The van der Waals surface area contributed by atoms with Gasteiger partial charge in [-0.3, -0.25) is 0 Å². The minimum Gasteiger partial charge on any atom is -0.497 e.